The number of halogens is 1. The molecule has 108 valence electrons. The number of hydrogen-bond acceptors (Lipinski definition) is 2. The summed E-state index contributed by atoms with van der Waals surface area (Å²) in [6, 6.07) is 6.15. The van der Waals surface area contributed by atoms with Gasteiger partial charge in [0.1, 0.15) is 0 Å². The molecule has 2 aliphatic carbocycles. The molecule has 0 radical (unpaired) electrons. The Kier molecular flexibility index (Phi) is 3.76. The first kappa shape index (κ1) is 14.3. The van der Waals surface area contributed by atoms with Crippen molar-refractivity contribution in [2.24, 2.45) is 11.3 Å². The molecule has 1 saturated carbocycles. The Morgan fingerprint density at radius 1 is 1.45 bits per heavy atom. The number of methoxy groups -OCH3 is 1. The second-order valence-electron chi connectivity index (χ2n) is 6.27. The van der Waals surface area contributed by atoms with Crippen LogP contribution in [0.15, 0.2) is 22.7 Å². The highest BCUT2D eigenvalue weighted by atomic mass is 79.9. The first-order chi connectivity index (χ1) is 9.59. The molecule has 0 unspecified atom stereocenters. The van der Waals surface area contributed by atoms with E-state index >= 15 is 0 Å². The summed E-state index contributed by atoms with van der Waals surface area (Å²) in [5.74, 6) is 0.872. The van der Waals surface area contributed by atoms with E-state index in [4.69, 9.17) is 4.74 Å². The molecular formula is C17H21BrO2. The third-order valence-electron chi connectivity index (χ3n) is 5.24. The molecule has 0 heterocycles. The average molecular weight is 337 g/mol. The van der Waals surface area contributed by atoms with E-state index in [2.05, 4.69) is 28.9 Å². The minimum atomic E-state index is -0.154. The Hall–Kier alpha value is -0.670. The molecule has 3 heteroatoms. The fourth-order valence-electron chi connectivity index (χ4n) is 4.12. The lowest BCUT2D eigenvalue weighted by Crippen LogP contribution is -2.41. The number of hydrogen-bond donors (Lipinski definition) is 0. The van der Waals surface area contributed by atoms with Crippen molar-refractivity contribution in [3.05, 3.63) is 33.8 Å². The van der Waals surface area contributed by atoms with Crippen LogP contribution in [0.2, 0.25) is 0 Å². The van der Waals surface area contributed by atoms with Gasteiger partial charge in [-0.05, 0) is 49.3 Å². The number of carbonyl (C=O) groups is 1. The number of Topliss-reactive ketones (excluding diaryl/α,β-unsaturated/α-hetero) is 1. The van der Waals surface area contributed by atoms with Crippen LogP contribution in [0.25, 0.3) is 0 Å². The van der Waals surface area contributed by atoms with Crippen molar-refractivity contribution in [2.45, 2.75) is 45.1 Å². The van der Waals surface area contributed by atoms with Gasteiger partial charge in [-0.25, -0.2) is 0 Å². The van der Waals surface area contributed by atoms with E-state index in [9.17, 15) is 4.79 Å². The van der Waals surface area contributed by atoms with Crippen LogP contribution in [0.1, 0.15) is 48.5 Å². The summed E-state index contributed by atoms with van der Waals surface area (Å²) in [6.07, 6.45) is 5.29. The Morgan fingerprint density at radius 2 is 2.25 bits per heavy atom. The van der Waals surface area contributed by atoms with E-state index < -0.39 is 0 Å². The normalized spacial score (nSPS) is 32.6. The Morgan fingerprint density at radius 3 is 2.95 bits per heavy atom. The smallest absolute Gasteiger partial charge is 0.169 e. The summed E-state index contributed by atoms with van der Waals surface area (Å²) >= 11 is 3.48. The van der Waals surface area contributed by atoms with Crippen LogP contribution in [0.3, 0.4) is 0 Å². The van der Waals surface area contributed by atoms with E-state index in [1.165, 1.54) is 5.56 Å². The second kappa shape index (κ2) is 5.27. The lowest BCUT2D eigenvalue weighted by Gasteiger charge is -2.40. The lowest BCUT2D eigenvalue weighted by atomic mass is 9.65. The molecule has 0 aliphatic heterocycles. The summed E-state index contributed by atoms with van der Waals surface area (Å²) in [7, 11) is 1.80. The zero-order chi connectivity index (χ0) is 14.3. The van der Waals surface area contributed by atoms with Gasteiger partial charge >= 0.3 is 0 Å². The topological polar surface area (TPSA) is 26.3 Å². The summed E-state index contributed by atoms with van der Waals surface area (Å²) in [5, 5.41) is 0. The SMILES string of the molecule is CC[C@@H]1C[C@]2(CC[C@H]1OC)Cc1ccc(Br)cc1C2=O. The largest absolute Gasteiger partial charge is 0.381 e. The highest BCUT2D eigenvalue weighted by Crippen LogP contribution is 2.50. The zero-order valence-electron chi connectivity index (χ0n) is 12.1. The predicted octanol–water partition coefficient (Wildman–Crippen LogP) is 4.40. The molecule has 2 nitrogen and oxygen atoms in total. The number of ether oxygens (including phenoxy) is 1. The van der Waals surface area contributed by atoms with Crippen LogP contribution >= 0.6 is 15.9 Å². The molecule has 0 aromatic heterocycles. The molecule has 3 atom stereocenters. The van der Waals surface area contributed by atoms with Crippen LogP contribution in [0.4, 0.5) is 0 Å². The maximum Gasteiger partial charge on any atom is 0.169 e. The third kappa shape index (κ3) is 2.15. The van der Waals surface area contributed by atoms with Crippen molar-refractivity contribution in [1.82, 2.24) is 0 Å². The van der Waals surface area contributed by atoms with Crippen molar-refractivity contribution in [3.63, 3.8) is 0 Å². The molecule has 20 heavy (non-hydrogen) atoms. The van der Waals surface area contributed by atoms with Gasteiger partial charge in [0.05, 0.1) is 6.10 Å². The second-order valence-corrected chi connectivity index (χ2v) is 7.19. The van der Waals surface area contributed by atoms with Crippen molar-refractivity contribution in [2.75, 3.05) is 7.11 Å². The first-order valence-electron chi connectivity index (χ1n) is 7.45. The van der Waals surface area contributed by atoms with Gasteiger partial charge in [-0.15, -0.1) is 0 Å². The van der Waals surface area contributed by atoms with Crippen molar-refractivity contribution >= 4 is 21.7 Å². The molecule has 1 spiro atoms. The van der Waals surface area contributed by atoms with Crippen molar-refractivity contribution < 1.29 is 9.53 Å². The van der Waals surface area contributed by atoms with Crippen molar-refractivity contribution in [3.8, 4) is 0 Å². The highest BCUT2D eigenvalue weighted by molar-refractivity contribution is 9.10. The molecule has 0 amide bonds. The Balaban J connectivity index is 1.91. The van der Waals surface area contributed by atoms with Crippen LogP contribution in [-0.4, -0.2) is 19.0 Å². The van der Waals surface area contributed by atoms with Crippen LogP contribution in [0.5, 0.6) is 0 Å². The quantitative estimate of drug-likeness (QED) is 0.800. The summed E-state index contributed by atoms with van der Waals surface area (Å²) in [5.41, 5.74) is 2.01. The van der Waals surface area contributed by atoms with Gasteiger partial charge < -0.3 is 4.74 Å². The molecule has 1 aromatic rings. The highest BCUT2D eigenvalue weighted by Gasteiger charge is 2.49. The number of fused-ring (bicyclic) bond motifs is 1. The third-order valence-corrected chi connectivity index (χ3v) is 5.73. The number of benzene rings is 1. The summed E-state index contributed by atoms with van der Waals surface area (Å²) < 4.78 is 6.61. The van der Waals surface area contributed by atoms with Gasteiger partial charge in [0.15, 0.2) is 5.78 Å². The van der Waals surface area contributed by atoms with Crippen LogP contribution < -0.4 is 0 Å². The van der Waals surface area contributed by atoms with Gasteiger partial charge in [-0.3, -0.25) is 4.79 Å². The molecule has 3 rings (SSSR count). The summed E-state index contributed by atoms with van der Waals surface area (Å²) in [4.78, 5) is 12.9. The lowest BCUT2D eigenvalue weighted by molar-refractivity contribution is -0.0144. The number of ketones is 1. The van der Waals surface area contributed by atoms with Crippen LogP contribution in [0, 0.1) is 11.3 Å². The summed E-state index contributed by atoms with van der Waals surface area (Å²) in [6.45, 7) is 2.21. The first-order valence-corrected chi connectivity index (χ1v) is 8.25. The van der Waals surface area contributed by atoms with E-state index in [1.807, 2.05) is 12.1 Å². The maximum absolute atomic E-state index is 12.9. The van der Waals surface area contributed by atoms with Gasteiger partial charge in [-0.2, -0.15) is 0 Å². The van der Waals surface area contributed by atoms with Gasteiger partial charge in [-0.1, -0.05) is 35.3 Å². The molecule has 0 saturated heterocycles. The monoisotopic (exact) mass is 336 g/mol. The van der Waals surface area contributed by atoms with Crippen LogP contribution in [-0.2, 0) is 11.2 Å². The molecule has 0 bridgehead atoms. The molecular weight excluding hydrogens is 316 g/mol. The maximum atomic E-state index is 12.9. The zero-order valence-corrected chi connectivity index (χ0v) is 13.7. The average Bonchev–Trinajstić information content (AvgIpc) is 2.72. The fraction of sp³-hybridized carbons (Fsp3) is 0.588. The minimum absolute atomic E-state index is 0.154. The number of rotatable bonds is 2. The Labute approximate surface area is 129 Å². The van der Waals surface area contributed by atoms with E-state index in [0.717, 1.165) is 42.1 Å². The predicted molar refractivity (Wildman–Crippen MR) is 83.0 cm³/mol. The minimum Gasteiger partial charge on any atom is -0.381 e. The van der Waals surface area contributed by atoms with Gasteiger partial charge in [0.25, 0.3) is 0 Å². The van der Waals surface area contributed by atoms with Gasteiger partial charge in [0, 0.05) is 22.6 Å². The fourth-order valence-corrected chi connectivity index (χ4v) is 4.48. The molecule has 2 aliphatic rings. The van der Waals surface area contributed by atoms with E-state index in [1.54, 1.807) is 7.11 Å². The Bertz CT molecular complexity index is 540. The standard InChI is InChI=1S/C17H21BrO2/c1-3-11-9-17(7-6-15(11)20-2)10-12-4-5-13(18)8-14(12)16(17)19/h4-5,8,11,15H,3,6-7,9-10H2,1-2H3/t11-,15-,17-/m1/s1. The van der Waals surface area contributed by atoms with E-state index in [0.29, 0.717) is 17.8 Å². The molecule has 0 N–H and O–H groups in total. The molecule has 1 aromatic carbocycles. The van der Waals surface area contributed by atoms with Gasteiger partial charge in [0.2, 0.25) is 0 Å². The van der Waals surface area contributed by atoms with Crippen molar-refractivity contribution in [1.29, 1.82) is 0 Å². The number of carbonyl (C=O) groups excluding carboxylic acids is 1. The molecule has 1 fully saturated rings. The van der Waals surface area contributed by atoms with E-state index in [-0.39, 0.29) is 5.41 Å².